The third kappa shape index (κ3) is 4.24. The van der Waals surface area contributed by atoms with Crippen molar-refractivity contribution in [1.29, 1.82) is 0 Å². The zero-order valence-corrected chi connectivity index (χ0v) is 15.7. The van der Waals surface area contributed by atoms with Crippen LogP contribution in [0.4, 0.5) is 5.69 Å². The highest BCUT2D eigenvalue weighted by atomic mass is 35.5. The van der Waals surface area contributed by atoms with E-state index in [1.807, 2.05) is 36.4 Å². The maximum absolute atomic E-state index is 5.98. The van der Waals surface area contributed by atoms with Gasteiger partial charge in [-0.25, -0.2) is 0 Å². The first-order valence-corrected chi connectivity index (χ1v) is 8.81. The molecule has 0 saturated carbocycles. The molecule has 2 aromatic carbocycles. The van der Waals surface area contributed by atoms with Gasteiger partial charge >= 0.3 is 0 Å². The van der Waals surface area contributed by atoms with Gasteiger partial charge in [0.1, 0.15) is 5.75 Å². The number of anilines is 1. The predicted molar refractivity (Wildman–Crippen MR) is 109 cm³/mol. The van der Waals surface area contributed by atoms with Gasteiger partial charge in [0.2, 0.25) is 0 Å². The Bertz CT molecular complexity index is 907. The fourth-order valence-corrected chi connectivity index (χ4v) is 3.26. The summed E-state index contributed by atoms with van der Waals surface area (Å²) in [5.41, 5.74) is 4.43. The lowest BCUT2D eigenvalue weighted by atomic mass is 10.1. The lowest BCUT2D eigenvalue weighted by molar-refractivity contribution is 0.415. The van der Waals surface area contributed by atoms with Crippen molar-refractivity contribution in [2.75, 3.05) is 19.0 Å². The Morgan fingerprint density at radius 1 is 1.24 bits per heavy atom. The minimum atomic E-state index is 0.581. The Labute approximate surface area is 157 Å². The summed E-state index contributed by atoms with van der Waals surface area (Å²) in [6, 6.07) is 13.6. The molecule has 25 heavy (non-hydrogen) atoms. The first-order valence-electron chi connectivity index (χ1n) is 8.02. The number of benzene rings is 2. The van der Waals surface area contributed by atoms with Crippen LogP contribution >= 0.6 is 23.8 Å². The quantitative estimate of drug-likeness (QED) is 0.569. The van der Waals surface area contributed by atoms with Crippen LogP contribution < -0.4 is 15.4 Å². The number of methoxy groups -OCH3 is 1. The molecule has 4 nitrogen and oxygen atoms in total. The summed E-state index contributed by atoms with van der Waals surface area (Å²) >= 11 is 11.3. The molecular weight excluding hydrogens is 354 g/mol. The van der Waals surface area contributed by atoms with E-state index >= 15 is 0 Å². The van der Waals surface area contributed by atoms with Crippen molar-refractivity contribution in [3.8, 4) is 5.75 Å². The number of halogens is 1. The van der Waals surface area contributed by atoms with Crippen molar-refractivity contribution < 1.29 is 4.74 Å². The van der Waals surface area contributed by atoms with Crippen molar-refractivity contribution in [2.45, 2.75) is 13.3 Å². The van der Waals surface area contributed by atoms with Crippen LogP contribution in [-0.4, -0.2) is 23.8 Å². The van der Waals surface area contributed by atoms with Crippen LogP contribution in [0.2, 0.25) is 5.02 Å². The van der Waals surface area contributed by atoms with Crippen LogP contribution in [0.1, 0.15) is 11.3 Å². The number of hydrogen-bond donors (Lipinski definition) is 3. The van der Waals surface area contributed by atoms with Gasteiger partial charge in [-0.15, -0.1) is 0 Å². The molecule has 3 aromatic rings. The standard InChI is InChI=1S/C19H20ClN3OS/c1-12-16(17-11-15(24-2)6-7-18(17)22-12)8-9-21-19(25)23-14-5-3-4-13(20)10-14/h3-7,10-11,22H,8-9H2,1-2H3,(H2,21,23,25). The molecule has 0 aliphatic carbocycles. The number of aryl methyl sites for hydroxylation is 1. The lowest BCUT2D eigenvalue weighted by Gasteiger charge is -2.11. The summed E-state index contributed by atoms with van der Waals surface area (Å²) in [5.74, 6) is 0.860. The number of nitrogens with one attached hydrogen (secondary N) is 3. The summed E-state index contributed by atoms with van der Waals surface area (Å²) in [4.78, 5) is 3.42. The molecule has 0 radical (unpaired) electrons. The van der Waals surface area contributed by atoms with E-state index < -0.39 is 0 Å². The van der Waals surface area contributed by atoms with Crippen molar-refractivity contribution in [2.24, 2.45) is 0 Å². The van der Waals surface area contributed by atoms with Gasteiger partial charge in [-0.1, -0.05) is 17.7 Å². The highest BCUT2D eigenvalue weighted by molar-refractivity contribution is 7.80. The molecule has 0 aliphatic rings. The van der Waals surface area contributed by atoms with Gasteiger partial charge in [0.25, 0.3) is 0 Å². The summed E-state index contributed by atoms with van der Waals surface area (Å²) in [6.45, 7) is 2.82. The van der Waals surface area contributed by atoms with Crippen molar-refractivity contribution in [3.05, 3.63) is 58.7 Å². The molecule has 130 valence electrons. The average molecular weight is 374 g/mol. The van der Waals surface area contributed by atoms with Gasteiger partial charge in [0.15, 0.2) is 5.11 Å². The second kappa shape index (κ2) is 7.76. The van der Waals surface area contributed by atoms with Crippen LogP contribution in [0.3, 0.4) is 0 Å². The number of hydrogen-bond acceptors (Lipinski definition) is 2. The number of fused-ring (bicyclic) bond motifs is 1. The van der Waals surface area contributed by atoms with E-state index in [0.717, 1.165) is 29.9 Å². The highest BCUT2D eigenvalue weighted by Crippen LogP contribution is 2.26. The first-order chi connectivity index (χ1) is 12.1. The molecule has 0 unspecified atom stereocenters. The minimum absolute atomic E-state index is 0.581. The maximum Gasteiger partial charge on any atom is 0.170 e. The fourth-order valence-electron chi connectivity index (χ4n) is 2.85. The van der Waals surface area contributed by atoms with Crippen LogP contribution in [-0.2, 0) is 6.42 Å². The summed E-state index contributed by atoms with van der Waals surface area (Å²) in [7, 11) is 1.68. The number of rotatable bonds is 5. The van der Waals surface area contributed by atoms with Crippen LogP contribution in [0, 0.1) is 6.92 Å². The Kier molecular flexibility index (Phi) is 5.46. The second-order valence-electron chi connectivity index (χ2n) is 5.78. The third-order valence-electron chi connectivity index (χ3n) is 4.07. The fraction of sp³-hybridized carbons (Fsp3) is 0.211. The zero-order valence-electron chi connectivity index (χ0n) is 14.2. The van der Waals surface area contributed by atoms with Crippen LogP contribution in [0.5, 0.6) is 5.75 Å². The average Bonchev–Trinajstić information content (AvgIpc) is 2.89. The number of aromatic nitrogens is 1. The van der Waals surface area contributed by atoms with Gasteiger partial charge in [0, 0.05) is 33.9 Å². The highest BCUT2D eigenvalue weighted by Gasteiger charge is 2.09. The van der Waals surface area contributed by atoms with Crippen molar-refractivity contribution in [3.63, 3.8) is 0 Å². The molecule has 0 fully saturated rings. The smallest absolute Gasteiger partial charge is 0.170 e. The molecular formula is C19H20ClN3OS. The Hall–Kier alpha value is -2.24. The van der Waals surface area contributed by atoms with Gasteiger partial charge in [-0.05, 0) is 67.5 Å². The van der Waals surface area contributed by atoms with Crippen LogP contribution in [0.25, 0.3) is 10.9 Å². The molecule has 1 heterocycles. The largest absolute Gasteiger partial charge is 0.497 e. The molecule has 6 heteroatoms. The normalized spacial score (nSPS) is 10.7. The monoisotopic (exact) mass is 373 g/mol. The Morgan fingerprint density at radius 3 is 2.84 bits per heavy atom. The van der Waals surface area contributed by atoms with E-state index in [-0.39, 0.29) is 0 Å². The molecule has 0 bridgehead atoms. The van der Waals surface area contributed by atoms with Gasteiger partial charge in [-0.3, -0.25) is 0 Å². The zero-order chi connectivity index (χ0) is 17.8. The molecule has 0 spiro atoms. The summed E-state index contributed by atoms with van der Waals surface area (Å²) < 4.78 is 5.33. The predicted octanol–water partition coefficient (Wildman–Crippen LogP) is 4.67. The molecule has 3 rings (SSSR count). The van der Waals surface area contributed by atoms with E-state index in [9.17, 15) is 0 Å². The second-order valence-corrected chi connectivity index (χ2v) is 6.63. The van der Waals surface area contributed by atoms with Gasteiger partial charge in [-0.2, -0.15) is 0 Å². The molecule has 3 N–H and O–H groups in total. The van der Waals surface area contributed by atoms with E-state index in [0.29, 0.717) is 10.1 Å². The van der Waals surface area contributed by atoms with E-state index in [2.05, 4.69) is 28.6 Å². The molecule has 0 amide bonds. The van der Waals surface area contributed by atoms with E-state index in [4.69, 9.17) is 28.6 Å². The molecule has 0 atom stereocenters. The lowest BCUT2D eigenvalue weighted by Crippen LogP contribution is -2.30. The van der Waals surface area contributed by atoms with Crippen molar-refractivity contribution >= 4 is 45.5 Å². The minimum Gasteiger partial charge on any atom is -0.497 e. The summed E-state index contributed by atoms with van der Waals surface area (Å²) in [5, 5.41) is 8.83. The topological polar surface area (TPSA) is 49.1 Å². The van der Waals surface area contributed by atoms with Crippen LogP contribution in [0.15, 0.2) is 42.5 Å². The van der Waals surface area contributed by atoms with E-state index in [1.165, 1.54) is 16.6 Å². The molecule has 1 aromatic heterocycles. The number of aromatic amines is 1. The van der Waals surface area contributed by atoms with Gasteiger partial charge < -0.3 is 20.4 Å². The number of H-pyrrole nitrogens is 1. The van der Waals surface area contributed by atoms with E-state index in [1.54, 1.807) is 7.11 Å². The molecule has 0 saturated heterocycles. The first kappa shape index (κ1) is 17.6. The number of ether oxygens (including phenoxy) is 1. The maximum atomic E-state index is 5.98. The SMILES string of the molecule is COc1ccc2[nH]c(C)c(CCNC(=S)Nc3cccc(Cl)c3)c2c1. The van der Waals surface area contributed by atoms with Crippen molar-refractivity contribution in [1.82, 2.24) is 10.3 Å². The van der Waals surface area contributed by atoms with Gasteiger partial charge in [0.05, 0.1) is 7.11 Å². The Morgan fingerprint density at radius 2 is 2.08 bits per heavy atom. The number of thiocarbonyl (C=S) groups is 1. The third-order valence-corrected chi connectivity index (χ3v) is 4.55. The molecule has 0 aliphatic heterocycles. The Balaban J connectivity index is 1.62. The summed E-state index contributed by atoms with van der Waals surface area (Å²) in [6.07, 6.45) is 0.858.